The predicted octanol–water partition coefficient (Wildman–Crippen LogP) is -1.20. The summed E-state index contributed by atoms with van der Waals surface area (Å²) in [6, 6.07) is -0.122. The lowest BCUT2D eigenvalue weighted by Gasteiger charge is -2.13. The second-order valence-corrected chi connectivity index (χ2v) is 2.75. The fourth-order valence-corrected chi connectivity index (χ4v) is 0.890. The molecular formula is C7H18N2O2. The van der Waals surface area contributed by atoms with Crippen molar-refractivity contribution in [2.45, 2.75) is 31.4 Å². The van der Waals surface area contributed by atoms with E-state index in [0.29, 0.717) is 25.8 Å². The molecule has 0 aromatic heterocycles. The van der Waals surface area contributed by atoms with E-state index in [9.17, 15) is 5.11 Å². The highest BCUT2D eigenvalue weighted by Crippen LogP contribution is 2.02. The average Bonchev–Trinajstić information content (AvgIpc) is 2.00. The van der Waals surface area contributed by atoms with Crippen LogP contribution in [0.4, 0.5) is 0 Å². The zero-order valence-corrected chi connectivity index (χ0v) is 6.74. The van der Waals surface area contributed by atoms with Crippen LogP contribution in [0.2, 0.25) is 0 Å². The Labute approximate surface area is 67.2 Å². The number of rotatable bonds is 6. The van der Waals surface area contributed by atoms with Crippen LogP contribution in [0.3, 0.4) is 0 Å². The molecule has 0 heterocycles. The van der Waals surface area contributed by atoms with Gasteiger partial charge in [0.15, 0.2) is 0 Å². The molecule has 2 atom stereocenters. The Hall–Kier alpha value is -0.160. The van der Waals surface area contributed by atoms with Gasteiger partial charge in [-0.2, -0.15) is 0 Å². The molecule has 0 saturated heterocycles. The Morgan fingerprint density at radius 3 is 2.45 bits per heavy atom. The average molecular weight is 162 g/mol. The fourth-order valence-electron chi connectivity index (χ4n) is 0.890. The summed E-state index contributed by atoms with van der Waals surface area (Å²) >= 11 is 0. The van der Waals surface area contributed by atoms with Gasteiger partial charge in [0.1, 0.15) is 0 Å². The van der Waals surface area contributed by atoms with Crippen LogP contribution in [0.5, 0.6) is 0 Å². The van der Waals surface area contributed by atoms with Crippen LogP contribution in [0.25, 0.3) is 0 Å². The van der Waals surface area contributed by atoms with E-state index in [1.807, 2.05) is 0 Å². The number of hydrogen-bond donors (Lipinski definition) is 4. The SMILES string of the molecule is NCC(N)CC(O)CCCO. The number of nitrogens with two attached hydrogens (primary N) is 2. The van der Waals surface area contributed by atoms with E-state index in [1.54, 1.807) is 0 Å². The summed E-state index contributed by atoms with van der Waals surface area (Å²) < 4.78 is 0. The van der Waals surface area contributed by atoms with Gasteiger partial charge in [0.2, 0.25) is 0 Å². The smallest absolute Gasteiger partial charge is 0.0556 e. The van der Waals surface area contributed by atoms with Crippen LogP contribution >= 0.6 is 0 Å². The van der Waals surface area contributed by atoms with Gasteiger partial charge in [-0.15, -0.1) is 0 Å². The number of hydrogen-bond acceptors (Lipinski definition) is 4. The summed E-state index contributed by atoms with van der Waals surface area (Å²) in [5, 5.41) is 17.7. The molecule has 0 aliphatic heterocycles. The van der Waals surface area contributed by atoms with Crippen molar-refractivity contribution in [3.63, 3.8) is 0 Å². The molecule has 0 aromatic rings. The van der Waals surface area contributed by atoms with Gasteiger partial charge in [-0.05, 0) is 19.3 Å². The Morgan fingerprint density at radius 2 is 2.00 bits per heavy atom. The molecule has 11 heavy (non-hydrogen) atoms. The van der Waals surface area contributed by atoms with Crippen molar-refractivity contribution in [2.24, 2.45) is 11.5 Å². The van der Waals surface area contributed by atoms with Crippen molar-refractivity contribution in [3.05, 3.63) is 0 Å². The predicted molar refractivity (Wildman–Crippen MR) is 44.0 cm³/mol. The summed E-state index contributed by atoms with van der Waals surface area (Å²) in [7, 11) is 0. The second-order valence-electron chi connectivity index (χ2n) is 2.75. The molecule has 2 unspecified atom stereocenters. The number of aliphatic hydroxyl groups excluding tert-OH is 2. The maximum atomic E-state index is 9.24. The zero-order valence-electron chi connectivity index (χ0n) is 6.74. The van der Waals surface area contributed by atoms with Crippen molar-refractivity contribution in [1.82, 2.24) is 0 Å². The van der Waals surface area contributed by atoms with E-state index in [2.05, 4.69) is 0 Å². The lowest BCUT2D eigenvalue weighted by atomic mass is 10.1. The van der Waals surface area contributed by atoms with E-state index >= 15 is 0 Å². The first-order valence-corrected chi connectivity index (χ1v) is 3.95. The lowest BCUT2D eigenvalue weighted by molar-refractivity contribution is 0.134. The minimum atomic E-state index is -0.416. The molecule has 0 radical (unpaired) electrons. The van der Waals surface area contributed by atoms with E-state index in [-0.39, 0.29) is 12.6 Å². The molecule has 68 valence electrons. The Balaban J connectivity index is 3.27. The van der Waals surface area contributed by atoms with Crippen LogP contribution in [0.1, 0.15) is 19.3 Å². The summed E-state index contributed by atoms with van der Waals surface area (Å²) in [5.74, 6) is 0. The normalized spacial score (nSPS) is 16.4. The third-order valence-corrected chi connectivity index (χ3v) is 1.57. The largest absolute Gasteiger partial charge is 0.396 e. The Kier molecular flexibility index (Phi) is 6.45. The van der Waals surface area contributed by atoms with Crippen LogP contribution in [0.15, 0.2) is 0 Å². The summed E-state index contributed by atoms with van der Waals surface area (Å²) in [4.78, 5) is 0. The van der Waals surface area contributed by atoms with Gasteiger partial charge in [-0.1, -0.05) is 0 Å². The van der Waals surface area contributed by atoms with Crippen LogP contribution in [-0.4, -0.2) is 35.5 Å². The minimum Gasteiger partial charge on any atom is -0.396 e. The standard InChI is InChI=1S/C7H18N2O2/c8-5-6(9)4-7(11)2-1-3-10/h6-7,10-11H,1-5,8-9H2. The van der Waals surface area contributed by atoms with Gasteiger partial charge in [0, 0.05) is 19.2 Å². The third kappa shape index (κ3) is 6.25. The van der Waals surface area contributed by atoms with E-state index in [0.717, 1.165) is 0 Å². The second kappa shape index (κ2) is 6.54. The summed E-state index contributed by atoms with van der Waals surface area (Å²) in [6.07, 6.45) is 1.33. The molecule has 0 bridgehead atoms. The van der Waals surface area contributed by atoms with Crippen LogP contribution in [-0.2, 0) is 0 Å². The molecule has 0 rings (SSSR count). The first kappa shape index (κ1) is 10.8. The van der Waals surface area contributed by atoms with Crippen LogP contribution < -0.4 is 11.5 Å². The van der Waals surface area contributed by atoms with Crippen molar-refractivity contribution < 1.29 is 10.2 Å². The van der Waals surface area contributed by atoms with Gasteiger partial charge < -0.3 is 21.7 Å². The fraction of sp³-hybridized carbons (Fsp3) is 1.00. The highest BCUT2D eigenvalue weighted by atomic mass is 16.3. The molecule has 4 nitrogen and oxygen atoms in total. The van der Waals surface area contributed by atoms with Crippen LogP contribution in [0, 0.1) is 0 Å². The van der Waals surface area contributed by atoms with E-state index < -0.39 is 6.10 Å². The molecule has 0 spiro atoms. The molecule has 0 aliphatic carbocycles. The molecule has 0 aliphatic rings. The van der Waals surface area contributed by atoms with Gasteiger partial charge >= 0.3 is 0 Å². The van der Waals surface area contributed by atoms with Crippen molar-refractivity contribution in [2.75, 3.05) is 13.2 Å². The molecule has 4 heteroatoms. The van der Waals surface area contributed by atoms with Gasteiger partial charge in [-0.3, -0.25) is 0 Å². The number of aliphatic hydroxyl groups is 2. The maximum Gasteiger partial charge on any atom is 0.0556 e. The molecule has 0 fully saturated rings. The highest BCUT2D eigenvalue weighted by molar-refractivity contribution is 4.67. The zero-order chi connectivity index (χ0) is 8.69. The molecule has 0 saturated carbocycles. The highest BCUT2D eigenvalue weighted by Gasteiger charge is 2.08. The minimum absolute atomic E-state index is 0.120. The summed E-state index contributed by atoms with van der Waals surface area (Å²) in [6.45, 7) is 0.519. The first-order chi connectivity index (χ1) is 5.20. The molecule has 6 N–H and O–H groups in total. The topological polar surface area (TPSA) is 92.5 Å². The van der Waals surface area contributed by atoms with Crippen molar-refractivity contribution >= 4 is 0 Å². The molecule has 0 aromatic carbocycles. The Morgan fingerprint density at radius 1 is 1.36 bits per heavy atom. The van der Waals surface area contributed by atoms with Gasteiger partial charge in [-0.25, -0.2) is 0 Å². The molecular weight excluding hydrogens is 144 g/mol. The maximum absolute atomic E-state index is 9.24. The van der Waals surface area contributed by atoms with Crippen molar-refractivity contribution in [3.8, 4) is 0 Å². The monoisotopic (exact) mass is 162 g/mol. The van der Waals surface area contributed by atoms with Crippen molar-refractivity contribution in [1.29, 1.82) is 0 Å². The lowest BCUT2D eigenvalue weighted by Crippen LogP contribution is -2.33. The van der Waals surface area contributed by atoms with E-state index in [4.69, 9.17) is 16.6 Å². The molecule has 0 amide bonds. The van der Waals surface area contributed by atoms with Gasteiger partial charge in [0.05, 0.1) is 6.10 Å². The van der Waals surface area contributed by atoms with Gasteiger partial charge in [0.25, 0.3) is 0 Å². The first-order valence-electron chi connectivity index (χ1n) is 3.95. The summed E-state index contributed by atoms with van der Waals surface area (Å²) in [5.41, 5.74) is 10.8. The van der Waals surface area contributed by atoms with E-state index in [1.165, 1.54) is 0 Å². The Bertz CT molecular complexity index is 90.5. The third-order valence-electron chi connectivity index (χ3n) is 1.57. The quantitative estimate of drug-likeness (QED) is 0.394.